The van der Waals surface area contributed by atoms with Gasteiger partial charge in [0, 0.05) is 32.6 Å². The fraction of sp³-hybridized carbons (Fsp3) is 0.821. The second-order valence-corrected chi connectivity index (χ2v) is 9.77. The zero-order valence-electron chi connectivity index (χ0n) is 24.2. The van der Waals surface area contributed by atoms with Crippen LogP contribution >= 0.6 is 0 Å². The van der Waals surface area contributed by atoms with Crippen LogP contribution in [0.5, 0.6) is 0 Å². The summed E-state index contributed by atoms with van der Waals surface area (Å²) < 4.78 is 28.5. The molecule has 0 saturated carbocycles. The molecule has 1 unspecified atom stereocenters. The lowest BCUT2D eigenvalue weighted by atomic mass is 9.95. The summed E-state index contributed by atoms with van der Waals surface area (Å²) in [4.78, 5) is 62.4. The molecule has 0 radical (unpaired) electrons. The van der Waals surface area contributed by atoms with Crippen molar-refractivity contribution in [3.8, 4) is 0 Å². The zero-order valence-corrected chi connectivity index (χ0v) is 24.2. The van der Waals surface area contributed by atoms with E-state index >= 15 is 0 Å². The van der Waals surface area contributed by atoms with Gasteiger partial charge >= 0.3 is 23.9 Å². The van der Waals surface area contributed by atoms with Gasteiger partial charge in [0.2, 0.25) is 12.2 Å². The van der Waals surface area contributed by atoms with Crippen LogP contribution in [0.25, 0.3) is 0 Å². The number of rotatable bonds is 18. The monoisotopic (exact) mass is 557 g/mol. The van der Waals surface area contributed by atoms with Gasteiger partial charge in [-0.05, 0) is 25.7 Å². The van der Waals surface area contributed by atoms with E-state index in [0.29, 0.717) is 25.7 Å². The molecule has 0 aliphatic carbocycles. The summed E-state index contributed by atoms with van der Waals surface area (Å²) in [5, 5.41) is 2.65. The molecule has 39 heavy (non-hydrogen) atoms. The summed E-state index contributed by atoms with van der Waals surface area (Å²) in [7, 11) is 0. The second-order valence-electron chi connectivity index (χ2n) is 9.77. The fourth-order valence-electron chi connectivity index (χ4n) is 3.95. The van der Waals surface area contributed by atoms with Crippen LogP contribution in [0, 0.1) is 0 Å². The number of esters is 4. The molecule has 1 rings (SSSR count). The minimum Gasteiger partial charge on any atom is -0.463 e. The third kappa shape index (κ3) is 13.3. The van der Waals surface area contributed by atoms with Crippen molar-refractivity contribution >= 4 is 29.8 Å². The molecule has 1 aliphatic heterocycles. The molecule has 11 heteroatoms. The van der Waals surface area contributed by atoms with E-state index in [1.54, 1.807) is 0 Å². The quantitative estimate of drug-likeness (QED) is 0.195. The van der Waals surface area contributed by atoms with E-state index < -0.39 is 60.4 Å². The summed E-state index contributed by atoms with van der Waals surface area (Å²) in [5.74, 6) is -2.64. The van der Waals surface area contributed by atoms with Crippen LogP contribution in [0.4, 0.5) is 0 Å². The first-order valence-corrected chi connectivity index (χ1v) is 14.3. The van der Waals surface area contributed by atoms with E-state index in [9.17, 15) is 24.0 Å². The van der Waals surface area contributed by atoms with Gasteiger partial charge in [-0.3, -0.25) is 24.0 Å². The molecule has 1 aliphatic rings. The van der Waals surface area contributed by atoms with E-state index in [2.05, 4.69) is 5.32 Å². The highest BCUT2D eigenvalue weighted by molar-refractivity contribution is 5.74. The molecule has 1 heterocycles. The highest BCUT2D eigenvalue weighted by Crippen LogP contribution is 2.29. The number of amides is 1. The molecule has 1 amide bonds. The van der Waals surface area contributed by atoms with Crippen LogP contribution in [-0.2, 0) is 47.7 Å². The maximum atomic E-state index is 12.8. The average molecular weight is 558 g/mol. The van der Waals surface area contributed by atoms with Gasteiger partial charge < -0.3 is 29.0 Å². The van der Waals surface area contributed by atoms with Crippen LogP contribution < -0.4 is 5.32 Å². The molecule has 1 N–H and O–H groups in total. The largest absolute Gasteiger partial charge is 0.463 e. The maximum Gasteiger partial charge on any atom is 0.308 e. The van der Waals surface area contributed by atoms with Crippen molar-refractivity contribution in [2.75, 3.05) is 6.61 Å². The summed E-state index contributed by atoms with van der Waals surface area (Å²) in [6.07, 6.45) is 1.04. The molecule has 11 nitrogen and oxygen atoms in total. The number of nitrogens with one attached hydrogen (secondary N) is 1. The third-order valence-corrected chi connectivity index (χ3v) is 6.15. The highest BCUT2D eigenvalue weighted by atomic mass is 16.7. The van der Waals surface area contributed by atoms with E-state index in [1.165, 1.54) is 6.92 Å². The minimum atomic E-state index is -1.37. The standard InChI is InChI=1S/C28H47NO10/c1-6-10-14-21(31)35-18-20-26(37-22(32)15-11-7-2)27(38-23(33)16-12-8-3)25(29-19(5)30)28(36-20)39-24(34)17-13-9-4/h20,25-28H,6-18H2,1-5H3,(H,29,30)/t20-,25+,26-,27-,28?/m1/s1. The molecule has 224 valence electrons. The molecular formula is C28H47NO10. The van der Waals surface area contributed by atoms with Gasteiger partial charge in [0.05, 0.1) is 0 Å². The lowest BCUT2D eigenvalue weighted by Gasteiger charge is -2.44. The van der Waals surface area contributed by atoms with Crippen LogP contribution in [0.15, 0.2) is 0 Å². The Bertz CT molecular complexity index is 786. The molecule has 1 saturated heterocycles. The Balaban J connectivity index is 3.39. The molecule has 0 aromatic carbocycles. The highest BCUT2D eigenvalue weighted by Gasteiger charge is 2.52. The number of hydrogen-bond acceptors (Lipinski definition) is 10. The first-order chi connectivity index (χ1) is 18.7. The Morgan fingerprint density at radius 2 is 1.08 bits per heavy atom. The molecule has 1 fully saturated rings. The van der Waals surface area contributed by atoms with Gasteiger partial charge in [-0.15, -0.1) is 0 Å². The van der Waals surface area contributed by atoms with E-state index in [-0.39, 0.29) is 32.3 Å². The van der Waals surface area contributed by atoms with Crippen molar-refractivity contribution in [2.24, 2.45) is 0 Å². The summed E-state index contributed by atoms with van der Waals surface area (Å²) in [6, 6.07) is -1.16. The summed E-state index contributed by atoms with van der Waals surface area (Å²) in [5.41, 5.74) is 0. The van der Waals surface area contributed by atoms with Crippen LogP contribution in [0.1, 0.15) is 112 Å². The Morgan fingerprint density at radius 1 is 0.641 bits per heavy atom. The predicted molar refractivity (Wildman–Crippen MR) is 141 cm³/mol. The van der Waals surface area contributed by atoms with E-state index in [4.69, 9.17) is 23.7 Å². The number of unbranched alkanes of at least 4 members (excludes halogenated alkanes) is 4. The number of ether oxygens (including phenoxy) is 5. The number of carbonyl (C=O) groups is 5. The van der Waals surface area contributed by atoms with Crippen molar-refractivity contribution in [1.82, 2.24) is 5.32 Å². The second kappa shape index (κ2) is 19.4. The van der Waals surface area contributed by atoms with Gasteiger partial charge in [0.25, 0.3) is 0 Å². The van der Waals surface area contributed by atoms with Crippen molar-refractivity contribution in [3.05, 3.63) is 0 Å². The molecule has 0 aromatic heterocycles. The topological polar surface area (TPSA) is 144 Å². The third-order valence-electron chi connectivity index (χ3n) is 6.15. The van der Waals surface area contributed by atoms with Crippen LogP contribution in [0.3, 0.4) is 0 Å². The summed E-state index contributed by atoms with van der Waals surface area (Å²) in [6.45, 7) is 8.66. The Morgan fingerprint density at radius 3 is 1.54 bits per heavy atom. The Labute approximate surface area is 232 Å². The van der Waals surface area contributed by atoms with Gasteiger partial charge in [0.1, 0.15) is 18.8 Å². The first kappa shape index (κ1) is 34.3. The van der Waals surface area contributed by atoms with E-state index in [1.807, 2.05) is 27.7 Å². The smallest absolute Gasteiger partial charge is 0.308 e. The Hall–Kier alpha value is -2.69. The van der Waals surface area contributed by atoms with Gasteiger partial charge in [0.15, 0.2) is 12.2 Å². The average Bonchev–Trinajstić information content (AvgIpc) is 2.90. The van der Waals surface area contributed by atoms with Gasteiger partial charge in [-0.1, -0.05) is 53.4 Å². The fourth-order valence-corrected chi connectivity index (χ4v) is 3.95. The maximum absolute atomic E-state index is 12.8. The number of carbonyl (C=O) groups excluding carboxylic acids is 5. The normalized spacial score (nSPS) is 22.4. The molecule has 0 spiro atoms. The van der Waals surface area contributed by atoms with Crippen molar-refractivity contribution in [1.29, 1.82) is 0 Å². The molecule has 0 aromatic rings. The van der Waals surface area contributed by atoms with Crippen molar-refractivity contribution < 1.29 is 47.7 Å². The molecule has 5 atom stereocenters. The lowest BCUT2D eigenvalue weighted by molar-refractivity contribution is -0.272. The van der Waals surface area contributed by atoms with Crippen molar-refractivity contribution in [2.45, 2.75) is 142 Å². The Kier molecular flexibility index (Phi) is 17.1. The first-order valence-electron chi connectivity index (χ1n) is 14.3. The minimum absolute atomic E-state index is 0.106. The van der Waals surface area contributed by atoms with Crippen molar-refractivity contribution in [3.63, 3.8) is 0 Å². The predicted octanol–water partition coefficient (Wildman–Crippen LogP) is 3.89. The van der Waals surface area contributed by atoms with Gasteiger partial charge in [-0.2, -0.15) is 0 Å². The lowest BCUT2D eigenvalue weighted by Crippen LogP contribution is -2.67. The SMILES string of the molecule is CCCCC(=O)OC[C@H]1OC(OC(=O)CCCC)[C@@H](NC(C)=O)[C@@H](OC(=O)CCCC)[C@@H]1OC(=O)CCCC. The van der Waals surface area contributed by atoms with E-state index in [0.717, 1.165) is 25.7 Å². The van der Waals surface area contributed by atoms with Gasteiger partial charge in [-0.25, -0.2) is 0 Å². The van der Waals surface area contributed by atoms with Crippen LogP contribution in [0.2, 0.25) is 0 Å². The number of hydrogen-bond donors (Lipinski definition) is 1. The molecular weight excluding hydrogens is 510 g/mol. The van der Waals surface area contributed by atoms with Crippen LogP contribution in [-0.4, -0.2) is 67.0 Å². The summed E-state index contributed by atoms with van der Waals surface area (Å²) >= 11 is 0. The molecule has 0 bridgehead atoms. The zero-order chi connectivity index (χ0) is 29.2.